The van der Waals surface area contributed by atoms with Crippen LogP contribution in [0.25, 0.3) is 0 Å². The Morgan fingerprint density at radius 3 is 1.96 bits per heavy atom. The predicted molar refractivity (Wildman–Crippen MR) is 189 cm³/mol. The molecular weight excluding hydrogens is 620 g/mol. The molecule has 0 aliphatic carbocycles. The van der Waals surface area contributed by atoms with Crippen molar-refractivity contribution in [2.75, 3.05) is 36.4 Å². The molecule has 4 aromatic rings. The number of carbonyl (C=O) groups is 4. The molecule has 0 radical (unpaired) electrons. The molecule has 2 N–H and O–H groups in total. The number of ether oxygens (including phenoxy) is 2. The van der Waals surface area contributed by atoms with Crippen LogP contribution in [-0.4, -0.2) is 66.6 Å². The van der Waals surface area contributed by atoms with Gasteiger partial charge in [0.2, 0.25) is 5.91 Å². The van der Waals surface area contributed by atoms with Crippen molar-refractivity contribution in [2.24, 2.45) is 0 Å². The normalized spacial score (nSPS) is 13.6. The van der Waals surface area contributed by atoms with E-state index >= 15 is 0 Å². The smallest absolute Gasteiger partial charge is 0.410 e. The fourth-order valence-electron chi connectivity index (χ4n) is 5.44. The molecule has 1 aliphatic rings. The van der Waals surface area contributed by atoms with Gasteiger partial charge in [0.1, 0.15) is 18.2 Å². The van der Waals surface area contributed by atoms with Crippen LogP contribution >= 0.6 is 0 Å². The zero-order valence-corrected chi connectivity index (χ0v) is 28.1. The first kappa shape index (κ1) is 34.7. The van der Waals surface area contributed by atoms with E-state index < -0.39 is 23.6 Å². The summed E-state index contributed by atoms with van der Waals surface area (Å²) in [6.45, 7) is 7.53. The van der Waals surface area contributed by atoms with Crippen molar-refractivity contribution in [3.05, 3.63) is 131 Å². The number of hydrogen-bond acceptors (Lipinski definition) is 7. The molecule has 1 fully saturated rings. The summed E-state index contributed by atoms with van der Waals surface area (Å²) >= 11 is 0. The third-order valence-corrected chi connectivity index (χ3v) is 7.94. The number of rotatable bonds is 10. The van der Waals surface area contributed by atoms with Crippen LogP contribution < -0.4 is 15.5 Å². The number of benzene rings is 4. The molecule has 0 aromatic heterocycles. The lowest BCUT2D eigenvalue weighted by Gasteiger charge is -2.37. The number of piperazine rings is 1. The summed E-state index contributed by atoms with van der Waals surface area (Å²) in [5, 5.41) is 5.68. The number of nitrogens with zero attached hydrogens (tertiary/aromatic N) is 2. The standard InChI is InChI=1S/C39H42N4O6/c1-39(2,3)49-38(47)43-23-21-42(22-24-43)31-19-20-32(35(44)30-17-11-6-12-18-30)33(26-31)40-36(45)34(25-28-13-7-4-8-14-28)41-37(46)48-27-29-15-9-5-10-16-29/h4-20,26,34H,21-25,27H2,1-3H3,(H,40,45)(H,41,46)/t34-/m1/s1. The Morgan fingerprint density at radius 2 is 1.35 bits per heavy atom. The van der Waals surface area contributed by atoms with Crippen molar-refractivity contribution in [1.82, 2.24) is 10.2 Å². The summed E-state index contributed by atoms with van der Waals surface area (Å²) in [6, 6.07) is 31.8. The number of amides is 3. The van der Waals surface area contributed by atoms with Gasteiger partial charge in [0.05, 0.1) is 5.69 Å². The van der Waals surface area contributed by atoms with E-state index in [-0.39, 0.29) is 24.9 Å². The van der Waals surface area contributed by atoms with Crippen LogP contribution in [-0.2, 0) is 27.3 Å². The highest BCUT2D eigenvalue weighted by Gasteiger charge is 2.28. The third kappa shape index (κ3) is 9.93. The molecule has 0 bridgehead atoms. The largest absolute Gasteiger partial charge is 0.445 e. The van der Waals surface area contributed by atoms with Gasteiger partial charge in [0, 0.05) is 49.4 Å². The van der Waals surface area contributed by atoms with Crippen LogP contribution in [0.5, 0.6) is 0 Å². The molecule has 0 saturated carbocycles. The van der Waals surface area contributed by atoms with Crippen molar-refractivity contribution < 1.29 is 28.7 Å². The molecule has 0 spiro atoms. The maximum atomic E-state index is 14.0. The van der Waals surface area contributed by atoms with Gasteiger partial charge in [-0.25, -0.2) is 9.59 Å². The molecule has 254 valence electrons. The van der Waals surface area contributed by atoms with Gasteiger partial charge in [-0.1, -0.05) is 91.0 Å². The van der Waals surface area contributed by atoms with E-state index in [1.807, 2.05) is 93.6 Å². The second-order valence-corrected chi connectivity index (χ2v) is 12.8. The number of ketones is 1. The summed E-state index contributed by atoms with van der Waals surface area (Å²) < 4.78 is 11.0. The zero-order valence-electron chi connectivity index (χ0n) is 28.1. The van der Waals surface area contributed by atoms with Crippen LogP contribution in [0.2, 0.25) is 0 Å². The fourth-order valence-corrected chi connectivity index (χ4v) is 5.44. The summed E-state index contributed by atoms with van der Waals surface area (Å²) in [5.74, 6) is -0.762. The Morgan fingerprint density at radius 1 is 0.755 bits per heavy atom. The Hall–Kier alpha value is -5.64. The van der Waals surface area contributed by atoms with Crippen LogP contribution in [0, 0.1) is 0 Å². The second kappa shape index (κ2) is 16.0. The van der Waals surface area contributed by atoms with Gasteiger partial charge in [-0.3, -0.25) is 9.59 Å². The van der Waals surface area contributed by atoms with Gasteiger partial charge in [0.15, 0.2) is 5.78 Å². The minimum Gasteiger partial charge on any atom is -0.445 e. The number of anilines is 2. The number of nitrogens with one attached hydrogen (secondary N) is 2. The molecule has 5 rings (SSSR count). The highest BCUT2D eigenvalue weighted by molar-refractivity contribution is 6.14. The quantitative estimate of drug-likeness (QED) is 0.188. The monoisotopic (exact) mass is 662 g/mol. The highest BCUT2D eigenvalue weighted by atomic mass is 16.6. The fraction of sp³-hybridized carbons (Fsp3) is 0.282. The summed E-state index contributed by atoms with van der Waals surface area (Å²) in [5.41, 5.74) is 2.93. The van der Waals surface area contributed by atoms with Crippen molar-refractivity contribution in [3.63, 3.8) is 0 Å². The van der Waals surface area contributed by atoms with Crippen molar-refractivity contribution in [2.45, 2.75) is 45.4 Å². The van der Waals surface area contributed by atoms with Crippen LogP contribution in [0.1, 0.15) is 47.8 Å². The minimum atomic E-state index is -1.01. The van der Waals surface area contributed by atoms with Gasteiger partial charge >= 0.3 is 12.2 Å². The molecular formula is C39H42N4O6. The van der Waals surface area contributed by atoms with E-state index in [0.717, 1.165) is 16.8 Å². The van der Waals surface area contributed by atoms with E-state index in [9.17, 15) is 19.2 Å². The Kier molecular flexibility index (Phi) is 11.3. The maximum absolute atomic E-state index is 14.0. The lowest BCUT2D eigenvalue weighted by Crippen LogP contribution is -2.50. The van der Waals surface area contributed by atoms with Gasteiger partial charge in [-0.05, 0) is 50.1 Å². The van der Waals surface area contributed by atoms with Crippen molar-refractivity contribution in [1.29, 1.82) is 0 Å². The first-order valence-corrected chi connectivity index (χ1v) is 16.3. The van der Waals surface area contributed by atoms with Crippen LogP contribution in [0.15, 0.2) is 109 Å². The van der Waals surface area contributed by atoms with Crippen LogP contribution in [0.4, 0.5) is 21.0 Å². The van der Waals surface area contributed by atoms with E-state index in [1.54, 1.807) is 41.3 Å². The van der Waals surface area contributed by atoms with Gasteiger partial charge in [0.25, 0.3) is 0 Å². The molecule has 0 unspecified atom stereocenters. The van der Waals surface area contributed by atoms with Gasteiger partial charge < -0.3 is 29.9 Å². The average molecular weight is 663 g/mol. The highest BCUT2D eigenvalue weighted by Crippen LogP contribution is 2.28. The lowest BCUT2D eigenvalue weighted by atomic mass is 10.00. The predicted octanol–water partition coefficient (Wildman–Crippen LogP) is 6.45. The van der Waals surface area contributed by atoms with Crippen molar-refractivity contribution in [3.8, 4) is 0 Å². The molecule has 49 heavy (non-hydrogen) atoms. The molecule has 4 aromatic carbocycles. The lowest BCUT2D eigenvalue weighted by molar-refractivity contribution is -0.118. The molecule has 10 heteroatoms. The van der Waals surface area contributed by atoms with Gasteiger partial charge in [-0.2, -0.15) is 0 Å². The number of hydrogen-bond donors (Lipinski definition) is 2. The summed E-state index contributed by atoms with van der Waals surface area (Å²) in [7, 11) is 0. The Balaban J connectivity index is 1.37. The Bertz CT molecular complexity index is 1730. The Labute approximate surface area is 287 Å². The van der Waals surface area contributed by atoms with E-state index in [2.05, 4.69) is 15.5 Å². The first-order valence-electron chi connectivity index (χ1n) is 16.3. The topological polar surface area (TPSA) is 117 Å². The van der Waals surface area contributed by atoms with Crippen molar-refractivity contribution >= 4 is 35.3 Å². The molecule has 1 heterocycles. The first-order chi connectivity index (χ1) is 23.6. The van der Waals surface area contributed by atoms with Gasteiger partial charge in [-0.15, -0.1) is 0 Å². The number of alkyl carbamates (subject to hydrolysis) is 1. The molecule has 3 amide bonds. The molecule has 10 nitrogen and oxygen atoms in total. The van der Waals surface area contributed by atoms with E-state index in [4.69, 9.17) is 9.47 Å². The SMILES string of the molecule is CC(C)(C)OC(=O)N1CCN(c2ccc(C(=O)c3ccccc3)c(NC(=O)[C@@H](Cc3ccccc3)NC(=O)OCc3ccccc3)c2)CC1. The zero-order chi connectivity index (χ0) is 34.8. The minimum absolute atomic E-state index is 0.0469. The van der Waals surface area contributed by atoms with Crippen LogP contribution in [0.3, 0.4) is 0 Å². The molecule has 1 aliphatic heterocycles. The molecule has 1 saturated heterocycles. The summed E-state index contributed by atoms with van der Waals surface area (Å²) in [4.78, 5) is 57.0. The number of carbonyl (C=O) groups excluding carboxylic acids is 4. The second-order valence-electron chi connectivity index (χ2n) is 12.8. The van der Waals surface area contributed by atoms with E-state index in [0.29, 0.717) is 43.0 Å². The maximum Gasteiger partial charge on any atom is 0.410 e. The average Bonchev–Trinajstić information content (AvgIpc) is 3.11. The third-order valence-electron chi connectivity index (χ3n) is 7.94. The molecule has 1 atom stereocenters. The van der Waals surface area contributed by atoms with E-state index in [1.165, 1.54) is 0 Å². The summed E-state index contributed by atoms with van der Waals surface area (Å²) in [6.07, 6.45) is -0.901.